The second-order valence-electron chi connectivity index (χ2n) is 8.41. The Bertz CT molecular complexity index is 1450. The maximum atomic E-state index is 13.6. The number of benzene rings is 3. The number of sulfone groups is 1. The molecule has 4 aromatic rings. The van der Waals surface area contributed by atoms with Gasteiger partial charge in [-0.15, -0.1) is 0 Å². The molecule has 180 valence electrons. The topological polar surface area (TPSA) is 66.7 Å². The smallest absolute Gasteiger partial charge is 0.236 e. The van der Waals surface area contributed by atoms with Crippen LogP contribution in [0.2, 0.25) is 5.02 Å². The molecular formula is C26H23BrClN3O3S. The predicted octanol–water partition coefficient (Wildman–Crippen LogP) is 6.23. The molecular weight excluding hydrogens is 550 g/mol. The number of halogens is 2. The molecule has 1 saturated heterocycles. The number of hydrogen-bond donors (Lipinski definition) is 0. The van der Waals surface area contributed by atoms with Gasteiger partial charge in [-0.1, -0.05) is 51.3 Å². The van der Waals surface area contributed by atoms with Crippen molar-refractivity contribution in [1.29, 1.82) is 0 Å². The molecule has 0 amide bonds. The fraction of sp³-hybridized carbons (Fsp3) is 0.192. The molecule has 9 heteroatoms. The van der Waals surface area contributed by atoms with E-state index in [1.807, 2.05) is 60.4 Å². The summed E-state index contributed by atoms with van der Waals surface area (Å²) in [6, 6.07) is 22.0. The quantitative estimate of drug-likeness (QED) is 0.283. The summed E-state index contributed by atoms with van der Waals surface area (Å²) >= 11 is 9.60. The van der Waals surface area contributed by atoms with Gasteiger partial charge in [-0.2, -0.15) is 4.98 Å². The molecule has 0 atom stereocenters. The number of nitrogens with zero attached hydrogens (tertiary/aromatic N) is 3. The van der Waals surface area contributed by atoms with Crippen LogP contribution in [0.1, 0.15) is 5.56 Å². The highest BCUT2D eigenvalue weighted by Crippen LogP contribution is 2.36. The van der Waals surface area contributed by atoms with Crippen LogP contribution in [0.4, 0.5) is 11.6 Å². The van der Waals surface area contributed by atoms with Gasteiger partial charge in [-0.25, -0.2) is 8.42 Å². The number of anilines is 2. The lowest BCUT2D eigenvalue weighted by Gasteiger charge is -2.36. The Balaban J connectivity index is 1.51. The summed E-state index contributed by atoms with van der Waals surface area (Å²) < 4.78 is 34.4. The molecule has 1 aromatic heterocycles. The van der Waals surface area contributed by atoms with Gasteiger partial charge in [0.05, 0.1) is 4.90 Å². The molecule has 0 radical (unpaired) electrons. The van der Waals surface area contributed by atoms with Crippen LogP contribution in [-0.2, 0) is 9.84 Å². The van der Waals surface area contributed by atoms with Crippen molar-refractivity contribution < 1.29 is 12.8 Å². The molecule has 0 unspecified atom stereocenters. The lowest BCUT2D eigenvalue weighted by Crippen LogP contribution is -2.46. The van der Waals surface area contributed by atoms with E-state index in [1.165, 1.54) is 0 Å². The summed E-state index contributed by atoms with van der Waals surface area (Å²) in [5, 5.41) is 0.626. The maximum Gasteiger partial charge on any atom is 0.236 e. The SMILES string of the molecule is Cc1ccc(S(=O)(=O)c2nc(-c3ccc(Br)cc3)oc2N2CCN(c3cccc(Cl)c3)CC2)cc1. The number of aryl methyl sites for hydroxylation is 1. The molecule has 0 N–H and O–H groups in total. The largest absolute Gasteiger partial charge is 0.419 e. The van der Waals surface area contributed by atoms with Crippen molar-refractivity contribution in [3.05, 3.63) is 87.9 Å². The maximum absolute atomic E-state index is 13.6. The zero-order valence-electron chi connectivity index (χ0n) is 19.0. The van der Waals surface area contributed by atoms with Crippen molar-refractivity contribution in [2.75, 3.05) is 36.0 Å². The summed E-state index contributed by atoms with van der Waals surface area (Å²) in [5.74, 6) is 0.546. The molecule has 0 saturated carbocycles. The van der Waals surface area contributed by atoms with Crippen LogP contribution in [0.5, 0.6) is 0 Å². The number of aromatic nitrogens is 1. The third-order valence-electron chi connectivity index (χ3n) is 6.00. The van der Waals surface area contributed by atoms with Gasteiger partial charge in [0.15, 0.2) is 0 Å². The predicted molar refractivity (Wildman–Crippen MR) is 142 cm³/mol. The van der Waals surface area contributed by atoms with Crippen LogP contribution < -0.4 is 9.80 Å². The summed E-state index contributed by atoms with van der Waals surface area (Å²) in [6.07, 6.45) is 0. The zero-order valence-corrected chi connectivity index (χ0v) is 22.1. The average molecular weight is 573 g/mol. The molecule has 35 heavy (non-hydrogen) atoms. The highest BCUT2D eigenvalue weighted by molar-refractivity contribution is 9.10. The number of rotatable bonds is 5. The summed E-state index contributed by atoms with van der Waals surface area (Å²) in [5.41, 5.74) is 2.73. The van der Waals surface area contributed by atoms with Crippen molar-refractivity contribution in [2.24, 2.45) is 0 Å². The Kier molecular flexibility index (Phi) is 6.61. The Morgan fingerprint density at radius 1 is 0.914 bits per heavy atom. The number of hydrogen-bond acceptors (Lipinski definition) is 6. The lowest BCUT2D eigenvalue weighted by molar-refractivity contribution is 0.525. The van der Waals surface area contributed by atoms with E-state index in [0.717, 1.165) is 15.7 Å². The highest BCUT2D eigenvalue weighted by Gasteiger charge is 2.33. The van der Waals surface area contributed by atoms with Crippen LogP contribution in [0.3, 0.4) is 0 Å². The van der Waals surface area contributed by atoms with Crippen LogP contribution in [-0.4, -0.2) is 39.6 Å². The van der Waals surface area contributed by atoms with Gasteiger partial charge in [0, 0.05) is 46.9 Å². The van der Waals surface area contributed by atoms with E-state index in [2.05, 4.69) is 25.8 Å². The van der Waals surface area contributed by atoms with E-state index >= 15 is 0 Å². The Morgan fingerprint density at radius 2 is 1.57 bits per heavy atom. The second kappa shape index (κ2) is 9.68. The van der Waals surface area contributed by atoms with Gasteiger partial charge in [0.1, 0.15) is 0 Å². The minimum Gasteiger partial charge on any atom is -0.419 e. The first-order chi connectivity index (χ1) is 16.8. The molecule has 3 aromatic carbocycles. The molecule has 6 nitrogen and oxygen atoms in total. The third-order valence-corrected chi connectivity index (χ3v) is 8.43. The Morgan fingerprint density at radius 3 is 2.23 bits per heavy atom. The van der Waals surface area contributed by atoms with Crippen molar-refractivity contribution in [1.82, 2.24) is 4.98 Å². The Labute approximate surface area is 218 Å². The van der Waals surface area contributed by atoms with E-state index in [4.69, 9.17) is 16.0 Å². The molecule has 0 spiro atoms. The monoisotopic (exact) mass is 571 g/mol. The summed E-state index contributed by atoms with van der Waals surface area (Å²) in [6.45, 7) is 4.47. The molecule has 2 heterocycles. The van der Waals surface area contributed by atoms with Crippen LogP contribution in [0, 0.1) is 6.92 Å². The van der Waals surface area contributed by atoms with E-state index in [0.29, 0.717) is 36.8 Å². The highest BCUT2D eigenvalue weighted by atomic mass is 79.9. The molecule has 0 bridgehead atoms. The van der Waals surface area contributed by atoms with E-state index in [1.54, 1.807) is 24.3 Å². The van der Waals surface area contributed by atoms with E-state index in [-0.39, 0.29) is 21.7 Å². The number of oxazole rings is 1. The van der Waals surface area contributed by atoms with Gasteiger partial charge in [-0.3, -0.25) is 0 Å². The fourth-order valence-corrected chi connectivity index (χ4v) is 5.83. The van der Waals surface area contributed by atoms with Crippen LogP contribution in [0.25, 0.3) is 11.5 Å². The second-order valence-corrected chi connectivity index (χ2v) is 11.6. The third kappa shape index (κ3) is 4.96. The van der Waals surface area contributed by atoms with Gasteiger partial charge in [0.25, 0.3) is 0 Å². The van der Waals surface area contributed by atoms with Gasteiger partial charge >= 0.3 is 0 Å². The average Bonchev–Trinajstić information content (AvgIpc) is 3.31. The molecule has 0 aliphatic carbocycles. The van der Waals surface area contributed by atoms with E-state index in [9.17, 15) is 8.42 Å². The summed E-state index contributed by atoms with van der Waals surface area (Å²) in [4.78, 5) is 8.87. The first kappa shape index (κ1) is 23.9. The van der Waals surface area contributed by atoms with E-state index < -0.39 is 9.84 Å². The minimum atomic E-state index is -3.89. The normalized spacial score (nSPS) is 14.4. The van der Waals surface area contributed by atoms with Gasteiger partial charge < -0.3 is 14.2 Å². The molecule has 1 fully saturated rings. The Hall–Kier alpha value is -2.81. The summed E-state index contributed by atoms with van der Waals surface area (Å²) in [7, 11) is -3.89. The van der Waals surface area contributed by atoms with Crippen LogP contribution in [0.15, 0.2) is 91.6 Å². The molecule has 5 rings (SSSR count). The van der Waals surface area contributed by atoms with Crippen molar-refractivity contribution >= 4 is 48.9 Å². The van der Waals surface area contributed by atoms with Crippen LogP contribution >= 0.6 is 27.5 Å². The minimum absolute atomic E-state index is 0.0597. The first-order valence-corrected chi connectivity index (χ1v) is 13.8. The van der Waals surface area contributed by atoms with Gasteiger partial charge in [-0.05, 0) is 61.5 Å². The number of piperazine rings is 1. The zero-order chi connectivity index (χ0) is 24.6. The van der Waals surface area contributed by atoms with Crippen molar-refractivity contribution in [2.45, 2.75) is 16.8 Å². The van der Waals surface area contributed by atoms with Crippen molar-refractivity contribution in [3.8, 4) is 11.5 Å². The van der Waals surface area contributed by atoms with Gasteiger partial charge in [0.2, 0.25) is 26.6 Å². The standard InChI is InChI=1S/C26H23BrClN3O3S/c1-18-5-11-23(12-6-18)35(32,33)25-26(34-24(29-25)19-7-9-20(27)10-8-19)31-15-13-30(14-16-31)22-4-2-3-21(28)17-22/h2-12,17H,13-16H2,1H3. The molecule has 1 aliphatic rings. The first-order valence-electron chi connectivity index (χ1n) is 11.2. The molecule has 1 aliphatic heterocycles. The lowest BCUT2D eigenvalue weighted by atomic mass is 10.2. The fourth-order valence-electron chi connectivity index (χ4n) is 4.06. The van der Waals surface area contributed by atoms with Crippen molar-refractivity contribution in [3.63, 3.8) is 0 Å².